The van der Waals surface area contributed by atoms with Crippen LogP contribution in [-0.4, -0.2) is 7.11 Å². The van der Waals surface area contributed by atoms with Gasteiger partial charge < -0.3 is 4.74 Å². The molecule has 1 nitrogen and oxygen atoms in total. The van der Waals surface area contributed by atoms with Crippen LogP contribution in [0.4, 0.5) is 4.39 Å². The molecule has 4 heteroatoms. The lowest BCUT2D eigenvalue weighted by Crippen LogP contribution is -1.90. The number of benzene rings is 2. The minimum absolute atomic E-state index is 0.207. The molecule has 0 fully saturated rings. The number of ether oxygens (including phenoxy) is 1. The molecule has 0 heterocycles. The third-order valence-corrected chi connectivity index (χ3v) is 3.97. The summed E-state index contributed by atoms with van der Waals surface area (Å²) >= 11 is 5.02. The van der Waals surface area contributed by atoms with E-state index < -0.39 is 0 Å². The molecule has 0 unspecified atom stereocenters. The lowest BCUT2D eigenvalue weighted by molar-refractivity contribution is 0.411. The summed E-state index contributed by atoms with van der Waals surface area (Å²) in [5.74, 6) is 1.38. The summed E-state index contributed by atoms with van der Waals surface area (Å²) in [5, 5.41) is 0. The number of rotatable bonds is 4. The van der Waals surface area contributed by atoms with Gasteiger partial charge in [-0.05, 0) is 36.4 Å². The van der Waals surface area contributed by atoms with Crippen LogP contribution in [0.5, 0.6) is 5.75 Å². The van der Waals surface area contributed by atoms with E-state index in [0.717, 1.165) is 26.4 Å². The summed E-state index contributed by atoms with van der Waals surface area (Å²) in [6, 6.07) is 12.5. The Hall–Kier alpha value is -1.00. The zero-order valence-corrected chi connectivity index (χ0v) is 12.2. The molecule has 0 aromatic heterocycles. The van der Waals surface area contributed by atoms with Crippen molar-refractivity contribution < 1.29 is 9.13 Å². The predicted molar refractivity (Wildman–Crippen MR) is 76.7 cm³/mol. The van der Waals surface area contributed by atoms with Gasteiger partial charge in [0.05, 0.1) is 7.11 Å². The average Bonchev–Trinajstić information content (AvgIpc) is 2.37. The van der Waals surface area contributed by atoms with Crippen molar-refractivity contribution in [3.05, 3.63) is 58.3 Å². The van der Waals surface area contributed by atoms with Crippen LogP contribution < -0.4 is 4.74 Å². The average molecular weight is 327 g/mol. The number of hydrogen-bond donors (Lipinski definition) is 0. The highest BCUT2D eigenvalue weighted by molar-refractivity contribution is 9.10. The van der Waals surface area contributed by atoms with E-state index in [1.165, 1.54) is 12.1 Å². The Morgan fingerprint density at radius 3 is 2.78 bits per heavy atom. The van der Waals surface area contributed by atoms with E-state index in [1.807, 2.05) is 24.3 Å². The minimum atomic E-state index is -0.207. The Kier molecular flexibility index (Phi) is 4.66. The molecule has 0 aliphatic heterocycles. The third kappa shape index (κ3) is 3.50. The van der Waals surface area contributed by atoms with Crippen LogP contribution in [0.2, 0.25) is 0 Å². The van der Waals surface area contributed by atoms with Gasteiger partial charge in [-0.2, -0.15) is 0 Å². The Balaban J connectivity index is 2.12. The van der Waals surface area contributed by atoms with Crippen molar-refractivity contribution in [1.82, 2.24) is 0 Å². The zero-order chi connectivity index (χ0) is 13.0. The molecule has 0 amide bonds. The van der Waals surface area contributed by atoms with Gasteiger partial charge in [0.15, 0.2) is 0 Å². The Bertz CT molecular complexity index is 545. The van der Waals surface area contributed by atoms with Crippen LogP contribution >= 0.6 is 27.7 Å². The van der Waals surface area contributed by atoms with Crippen LogP contribution in [0.25, 0.3) is 0 Å². The topological polar surface area (TPSA) is 9.23 Å². The second kappa shape index (κ2) is 6.25. The number of hydrogen-bond acceptors (Lipinski definition) is 2. The van der Waals surface area contributed by atoms with E-state index in [-0.39, 0.29) is 5.82 Å². The lowest BCUT2D eigenvalue weighted by atomic mass is 10.2. The van der Waals surface area contributed by atoms with Crippen LogP contribution in [0.1, 0.15) is 5.56 Å². The maximum absolute atomic E-state index is 13.1. The van der Waals surface area contributed by atoms with Gasteiger partial charge in [-0.25, -0.2) is 4.39 Å². The highest BCUT2D eigenvalue weighted by atomic mass is 79.9. The molecule has 2 aromatic rings. The molecule has 18 heavy (non-hydrogen) atoms. The molecular weight excluding hydrogens is 315 g/mol. The number of halogens is 2. The number of thioether (sulfide) groups is 1. The van der Waals surface area contributed by atoms with Crippen LogP contribution in [0.15, 0.2) is 51.8 Å². The van der Waals surface area contributed by atoms with E-state index in [9.17, 15) is 4.39 Å². The summed E-state index contributed by atoms with van der Waals surface area (Å²) in [7, 11) is 1.65. The van der Waals surface area contributed by atoms with Crippen molar-refractivity contribution >= 4 is 27.7 Å². The zero-order valence-electron chi connectivity index (χ0n) is 9.82. The van der Waals surface area contributed by atoms with Gasteiger partial charge >= 0.3 is 0 Å². The molecule has 2 rings (SSSR count). The molecule has 0 aliphatic rings. The first-order chi connectivity index (χ1) is 8.69. The smallest absolute Gasteiger partial charge is 0.124 e. The molecule has 0 saturated carbocycles. The number of methoxy groups -OCH3 is 1. The fourth-order valence-electron chi connectivity index (χ4n) is 1.58. The highest BCUT2D eigenvalue weighted by Crippen LogP contribution is 2.30. The van der Waals surface area contributed by atoms with Crippen molar-refractivity contribution in [3.63, 3.8) is 0 Å². The molecule has 0 aliphatic carbocycles. The summed E-state index contributed by atoms with van der Waals surface area (Å²) in [5.41, 5.74) is 1.08. The second-order valence-electron chi connectivity index (χ2n) is 3.70. The molecular formula is C14H12BrFOS. The fourth-order valence-corrected chi connectivity index (χ4v) is 2.90. The van der Waals surface area contributed by atoms with Crippen molar-refractivity contribution in [2.24, 2.45) is 0 Å². The van der Waals surface area contributed by atoms with E-state index in [2.05, 4.69) is 15.9 Å². The molecule has 0 bridgehead atoms. The third-order valence-electron chi connectivity index (χ3n) is 2.43. The maximum Gasteiger partial charge on any atom is 0.124 e. The first kappa shape index (κ1) is 13.4. The van der Waals surface area contributed by atoms with Gasteiger partial charge in [0.1, 0.15) is 11.6 Å². The van der Waals surface area contributed by atoms with Crippen molar-refractivity contribution in [2.45, 2.75) is 10.6 Å². The minimum Gasteiger partial charge on any atom is -0.496 e. The molecule has 94 valence electrons. The Morgan fingerprint density at radius 1 is 1.22 bits per heavy atom. The summed E-state index contributed by atoms with van der Waals surface area (Å²) in [4.78, 5) is 0.914. The maximum atomic E-state index is 13.1. The molecule has 0 atom stereocenters. The van der Waals surface area contributed by atoms with Gasteiger partial charge in [0.2, 0.25) is 0 Å². The largest absolute Gasteiger partial charge is 0.496 e. The van der Waals surface area contributed by atoms with Crippen molar-refractivity contribution in [2.75, 3.05) is 7.11 Å². The first-order valence-corrected chi connectivity index (χ1v) is 7.17. The first-order valence-electron chi connectivity index (χ1n) is 5.40. The van der Waals surface area contributed by atoms with Gasteiger partial charge in [0, 0.05) is 20.7 Å². The van der Waals surface area contributed by atoms with E-state index in [0.29, 0.717) is 0 Å². The second-order valence-corrected chi connectivity index (χ2v) is 5.67. The van der Waals surface area contributed by atoms with Gasteiger partial charge in [-0.3, -0.25) is 0 Å². The Morgan fingerprint density at radius 2 is 2.06 bits per heavy atom. The Labute approximate surface area is 118 Å². The van der Waals surface area contributed by atoms with Crippen LogP contribution in [0.3, 0.4) is 0 Å². The standard InChI is InChI=1S/C14H12BrFOS/c1-17-14-6-5-11(15)7-10(14)9-18-13-4-2-3-12(16)8-13/h2-8H,9H2,1H3. The van der Waals surface area contributed by atoms with Gasteiger partial charge in [-0.1, -0.05) is 22.0 Å². The fraction of sp³-hybridized carbons (Fsp3) is 0.143. The quantitative estimate of drug-likeness (QED) is 0.740. The van der Waals surface area contributed by atoms with E-state index >= 15 is 0 Å². The molecule has 2 aromatic carbocycles. The molecule has 0 radical (unpaired) electrons. The summed E-state index contributed by atoms with van der Waals surface area (Å²) in [6.45, 7) is 0. The van der Waals surface area contributed by atoms with E-state index in [4.69, 9.17) is 4.74 Å². The predicted octanol–water partition coefficient (Wildman–Crippen LogP) is 4.89. The van der Waals surface area contributed by atoms with Gasteiger partial charge in [-0.15, -0.1) is 11.8 Å². The summed E-state index contributed by atoms with van der Waals surface area (Å²) < 4.78 is 19.4. The lowest BCUT2D eigenvalue weighted by Gasteiger charge is -2.08. The monoisotopic (exact) mass is 326 g/mol. The highest BCUT2D eigenvalue weighted by Gasteiger charge is 2.05. The summed E-state index contributed by atoms with van der Waals surface area (Å²) in [6.07, 6.45) is 0. The van der Waals surface area contributed by atoms with Crippen LogP contribution in [-0.2, 0) is 5.75 Å². The van der Waals surface area contributed by atoms with E-state index in [1.54, 1.807) is 24.9 Å². The van der Waals surface area contributed by atoms with Crippen LogP contribution in [0, 0.1) is 5.82 Å². The van der Waals surface area contributed by atoms with Gasteiger partial charge in [0.25, 0.3) is 0 Å². The SMILES string of the molecule is COc1ccc(Br)cc1CSc1cccc(F)c1. The molecule has 0 spiro atoms. The molecule has 0 N–H and O–H groups in total. The normalized spacial score (nSPS) is 10.4. The molecule has 0 saturated heterocycles. The van der Waals surface area contributed by atoms with Crippen molar-refractivity contribution in [3.8, 4) is 5.75 Å². The van der Waals surface area contributed by atoms with Crippen molar-refractivity contribution in [1.29, 1.82) is 0 Å².